The first-order chi connectivity index (χ1) is 11.0. The number of hydrazine groups is 1. The van der Waals surface area contributed by atoms with Crippen molar-refractivity contribution in [1.29, 1.82) is 0 Å². The molecule has 5 nitrogen and oxygen atoms in total. The Bertz CT molecular complexity index is 711. The number of amides is 2. The van der Waals surface area contributed by atoms with Crippen LogP contribution in [0, 0.1) is 19.7 Å². The molecule has 6 heteroatoms. The third-order valence-electron chi connectivity index (χ3n) is 3.00. The maximum atomic E-state index is 13.4. The summed E-state index contributed by atoms with van der Waals surface area (Å²) < 4.78 is 18.8. The molecule has 120 valence electrons. The summed E-state index contributed by atoms with van der Waals surface area (Å²) in [5.41, 5.74) is 6.21. The fraction of sp³-hybridized carbons (Fsp3) is 0.176. The summed E-state index contributed by atoms with van der Waals surface area (Å²) in [6, 6.07) is 11.1. The van der Waals surface area contributed by atoms with Crippen molar-refractivity contribution in [3.8, 4) is 5.75 Å². The van der Waals surface area contributed by atoms with Crippen molar-refractivity contribution in [1.82, 2.24) is 10.9 Å². The van der Waals surface area contributed by atoms with E-state index in [1.807, 2.05) is 19.9 Å². The minimum Gasteiger partial charge on any atom is -0.484 e. The summed E-state index contributed by atoms with van der Waals surface area (Å²) in [4.78, 5) is 23.4. The number of benzene rings is 2. The second kappa shape index (κ2) is 7.40. The lowest BCUT2D eigenvalue weighted by molar-refractivity contribution is -0.123. The minimum atomic E-state index is -0.733. The van der Waals surface area contributed by atoms with Crippen LogP contribution in [0.5, 0.6) is 5.75 Å². The third kappa shape index (κ3) is 4.81. The van der Waals surface area contributed by atoms with Gasteiger partial charge in [0.25, 0.3) is 11.8 Å². The third-order valence-corrected chi connectivity index (χ3v) is 3.00. The van der Waals surface area contributed by atoms with Crippen LogP contribution in [0.3, 0.4) is 0 Å². The summed E-state index contributed by atoms with van der Waals surface area (Å²) in [7, 11) is 0. The number of ether oxygens (including phenoxy) is 1. The molecule has 0 aliphatic rings. The van der Waals surface area contributed by atoms with E-state index < -0.39 is 17.6 Å². The number of aryl methyl sites for hydroxylation is 2. The lowest BCUT2D eigenvalue weighted by Gasteiger charge is -2.10. The highest BCUT2D eigenvalue weighted by molar-refractivity contribution is 5.95. The van der Waals surface area contributed by atoms with E-state index in [0.717, 1.165) is 11.1 Å². The number of nitrogens with one attached hydrogen (secondary N) is 2. The Labute approximate surface area is 133 Å². The zero-order valence-corrected chi connectivity index (χ0v) is 12.9. The molecule has 23 heavy (non-hydrogen) atoms. The number of carbonyl (C=O) groups excluding carboxylic acids is 2. The van der Waals surface area contributed by atoms with Gasteiger partial charge in [0.05, 0.1) is 5.56 Å². The average Bonchev–Trinajstić information content (AvgIpc) is 2.50. The van der Waals surface area contributed by atoms with Crippen LogP contribution in [0.4, 0.5) is 4.39 Å². The topological polar surface area (TPSA) is 67.4 Å². The van der Waals surface area contributed by atoms with Gasteiger partial charge in [0, 0.05) is 0 Å². The summed E-state index contributed by atoms with van der Waals surface area (Å²) in [6.45, 7) is 3.59. The molecule has 0 saturated carbocycles. The van der Waals surface area contributed by atoms with E-state index in [0.29, 0.717) is 5.75 Å². The van der Waals surface area contributed by atoms with Crippen molar-refractivity contribution >= 4 is 11.8 Å². The maximum absolute atomic E-state index is 13.4. The number of hydrogen-bond donors (Lipinski definition) is 2. The van der Waals surface area contributed by atoms with Crippen LogP contribution in [0.1, 0.15) is 21.5 Å². The fourth-order valence-electron chi connectivity index (χ4n) is 2.04. The summed E-state index contributed by atoms with van der Waals surface area (Å²) >= 11 is 0. The molecule has 2 amide bonds. The van der Waals surface area contributed by atoms with Crippen LogP contribution in [0.25, 0.3) is 0 Å². The maximum Gasteiger partial charge on any atom is 0.276 e. The van der Waals surface area contributed by atoms with Gasteiger partial charge >= 0.3 is 0 Å². The van der Waals surface area contributed by atoms with Gasteiger partial charge in [-0.25, -0.2) is 4.39 Å². The van der Waals surface area contributed by atoms with Crippen LogP contribution in [-0.2, 0) is 4.79 Å². The molecule has 2 aromatic carbocycles. The van der Waals surface area contributed by atoms with Gasteiger partial charge in [0.2, 0.25) is 0 Å². The van der Waals surface area contributed by atoms with Crippen LogP contribution in [-0.4, -0.2) is 18.4 Å². The zero-order chi connectivity index (χ0) is 16.8. The van der Waals surface area contributed by atoms with Gasteiger partial charge < -0.3 is 4.74 Å². The van der Waals surface area contributed by atoms with Crippen molar-refractivity contribution in [3.63, 3.8) is 0 Å². The predicted molar refractivity (Wildman–Crippen MR) is 83.4 cm³/mol. The second-order valence-corrected chi connectivity index (χ2v) is 5.09. The molecule has 0 saturated heterocycles. The first kappa shape index (κ1) is 16.5. The van der Waals surface area contributed by atoms with Gasteiger partial charge in [-0.3, -0.25) is 20.4 Å². The van der Waals surface area contributed by atoms with E-state index in [-0.39, 0.29) is 12.2 Å². The van der Waals surface area contributed by atoms with E-state index in [9.17, 15) is 14.0 Å². The number of halogens is 1. The Kier molecular flexibility index (Phi) is 5.30. The molecule has 0 atom stereocenters. The molecule has 2 aromatic rings. The summed E-state index contributed by atoms with van der Waals surface area (Å²) in [5, 5.41) is 0. The van der Waals surface area contributed by atoms with Gasteiger partial charge in [-0.2, -0.15) is 0 Å². The second-order valence-electron chi connectivity index (χ2n) is 5.09. The highest BCUT2D eigenvalue weighted by atomic mass is 19.1. The highest BCUT2D eigenvalue weighted by Crippen LogP contribution is 2.15. The van der Waals surface area contributed by atoms with Crippen molar-refractivity contribution < 1.29 is 18.7 Å². The van der Waals surface area contributed by atoms with Crippen LogP contribution < -0.4 is 15.6 Å². The number of rotatable bonds is 4. The first-order valence-corrected chi connectivity index (χ1v) is 7.00. The summed E-state index contributed by atoms with van der Waals surface area (Å²) in [6.07, 6.45) is 0. The van der Waals surface area contributed by atoms with Crippen molar-refractivity contribution in [2.24, 2.45) is 0 Å². The SMILES string of the molecule is Cc1cc(C)cc(OCC(=O)NNC(=O)c2ccccc2F)c1. The Morgan fingerprint density at radius 2 is 1.70 bits per heavy atom. The normalized spacial score (nSPS) is 10.0. The van der Waals surface area contributed by atoms with E-state index in [4.69, 9.17) is 4.74 Å². The Morgan fingerprint density at radius 3 is 2.35 bits per heavy atom. The molecule has 2 rings (SSSR count). The monoisotopic (exact) mass is 316 g/mol. The quantitative estimate of drug-likeness (QED) is 0.851. The number of carbonyl (C=O) groups is 2. The van der Waals surface area contributed by atoms with E-state index in [1.54, 1.807) is 12.1 Å². The standard InChI is InChI=1S/C17H17FN2O3/c1-11-7-12(2)9-13(8-11)23-10-16(21)19-20-17(22)14-5-3-4-6-15(14)18/h3-9H,10H2,1-2H3,(H,19,21)(H,20,22). The molecule has 0 heterocycles. The zero-order valence-electron chi connectivity index (χ0n) is 12.9. The molecule has 0 spiro atoms. The minimum absolute atomic E-state index is 0.150. The smallest absolute Gasteiger partial charge is 0.276 e. The molecule has 0 bridgehead atoms. The molecule has 2 N–H and O–H groups in total. The molecule has 0 fully saturated rings. The lowest BCUT2D eigenvalue weighted by atomic mass is 10.1. The molecule has 0 aromatic heterocycles. The first-order valence-electron chi connectivity index (χ1n) is 7.00. The predicted octanol–water partition coefficient (Wildman–Crippen LogP) is 2.28. The Morgan fingerprint density at radius 1 is 1.04 bits per heavy atom. The largest absolute Gasteiger partial charge is 0.484 e. The van der Waals surface area contributed by atoms with Crippen LogP contribution in [0.2, 0.25) is 0 Å². The average molecular weight is 316 g/mol. The van der Waals surface area contributed by atoms with Gasteiger partial charge in [0.1, 0.15) is 11.6 Å². The Hall–Kier alpha value is -2.89. The highest BCUT2D eigenvalue weighted by Gasteiger charge is 2.11. The van der Waals surface area contributed by atoms with Gasteiger partial charge in [0.15, 0.2) is 6.61 Å². The molecular weight excluding hydrogens is 299 g/mol. The fourth-order valence-corrected chi connectivity index (χ4v) is 2.04. The summed E-state index contributed by atoms with van der Waals surface area (Å²) in [5.74, 6) is -1.37. The lowest BCUT2D eigenvalue weighted by Crippen LogP contribution is -2.44. The molecule has 0 aliphatic heterocycles. The van der Waals surface area contributed by atoms with Gasteiger partial charge in [-0.05, 0) is 49.2 Å². The molecule has 0 aliphatic carbocycles. The van der Waals surface area contributed by atoms with E-state index in [2.05, 4.69) is 10.9 Å². The molecule has 0 unspecified atom stereocenters. The molecule has 0 radical (unpaired) electrons. The Balaban J connectivity index is 1.83. The van der Waals surface area contributed by atoms with E-state index in [1.165, 1.54) is 24.3 Å². The van der Waals surface area contributed by atoms with Crippen molar-refractivity contribution in [3.05, 3.63) is 65.0 Å². The van der Waals surface area contributed by atoms with Crippen molar-refractivity contribution in [2.75, 3.05) is 6.61 Å². The van der Waals surface area contributed by atoms with Crippen molar-refractivity contribution in [2.45, 2.75) is 13.8 Å². The van der Waals surface area contributed by atoms with E-state index >= 15 is 0 Å². The number of hydrogen-bond acceptors (Lipinski definition) is 3. The van der Waals surface area contributed by atoms with Crippen LogP contribution >= 0.6 is 0 Å². The van der Waals surface area contributed by atoms with Crippen LogP contribution in [0.15, 0.2) is 42.5 Å². The van der Waals surface area contributed by atoms with Gasteiger partial charge in [-0.15, -0.1) is 0 Å². The van der Waals surface area contributed by atoms with Gasteiger partial charge in [-0.1, -0.05) is 18.2 Å². The molecular formula is C17H17FN2O3.